The fourth-order valence-electron chi connectivity index (χ4n) is 1.21. The molecular formula is C7H14ClNO2. The molecule has 0 spiro atoms. The molecule has 0 aliphatic carbocycles. The van der Waals surface area contributed by atoms with Crippen molar-refractivity contribution in [2.75, 3.05) is 26.3 Å². The summed E-state index contributed by atoms with van der Waals surface area (Å²) in [5.41, 5.74) is 0. The SMILES string of the molecule is OCCOC1CCN(Cl)CC1. The van der Waals surface area contributed by atoms with Crippen LogP contribution in [0.5, 0.6) is 0 Å². The molecule has 4 heteroatoms. The first-order valence-corrected chi connectivity index (χ1v) is 4.30. The quantitative estimate of drug-likeness (QED) is 0.645. The molecule has 0 bridgehead atoms. The van der Waals surface area contributed by atoms with Gasteiger partial charge in [-0.25, -0.2) is 4.42 Å². The van der Waals surface area contributed by atoms with Crippen molar-refractivity contribution in [2.45, 2.75) is 18.9 Å². The Morgan fingerprint density at radius 1 is 1.45 bits per heavy atom. The van der Waals surface area contributed by atoms with Crippen LogP contribution in [0.15, 0.2) is 0 Å². The van der Waals surface area contributed by atoms with Gasteiger partial charge in [-0.1, -0.05) is 0 Å². The third-order valence-electron chi connectivity index (χ3n) is 1.83. The maximum absolute atomic E-state index is 8.49. The van der Waals surface area contributed by atoms with Crippen molar-refractivity contribution < 1.29 is 9.84 Å². The van der Waals surface area contributed by atoms with E-state index in [2.05, 4.69) is 0 Å². The van der Waals surface area contributed by atoms with Crippen LogP contribution in [0.25, 0.3) is 0 Å². The summed E-state index contributed by atoms with van der Waals surface area (Å²) in [7, 11) is 0. The van der Waals surface area contributed by atoms with Crippen LogP contribution in [0.1, 0.15) is 12.8 Å². The highest BCUT2D eigenvalue weighted by atomic mass is 35.5. The number of aliphatic hydroxyl groups is 1. The Morgan fingerprint density at radius 2 is 2.09 bits per heavy atom. The summed E-state index contributed by atoms with van der Waals surface area (Å²) in [6.45, 7) is 2.34. The first kappa shape index (κ1) is 9.26. The van der Waals surface area contributed by atoms with Gasteiger partial charge in [0.05, 0.1) is 19.3 Å². The molecule has 0 amide bonds. The van der Waals surface area contributed by atoms with E-state index < -0.39 is 0 Å². The summed E-state index contributed by atoms with van der Waals surface area (Å²) in [6, 6.07) is 0. The van der Waals surface area contributed by atoms with Gasteiger partial charge in [-0.2, -0.15) is 0 Å². The number of rotatable bonds is 3. The molecule has 1 aliphatic rings. The van der Waals surface area contributed by atoms with Crippen molar-refractivity contribution in [3.63, 3.8) is 0 Å². The Balaban J connectivity index is 2.07. The molecule has 1 rings (SSSR count). The predicted molar refractivity (Wildman–Crippen MR) is 43.5 cm³/mol. The molecule has 0 atom stereocenters. The molecule has 1 saturated heterocycles. The second kappa shape index (κ2) is 4.93. The maximum atomic E-state index is 8.49. The van der Waals surface area contributed by atoms with E-state index in [4.69, 9.17) is 21.6 Å². The van der Waals surface area contributed by atoms with Gasteiger partial charge in [0.15, 0.2) is 0 Å². The second-order valence-electron chi connectivity index (χ2n) is 2.70. The van der Waals surface area contributed by atoms with Gasteiger partial charge in [0.2, 0.25) is 0 Å². The maximum Gasteiger partial charge on any atom is 0.0701 e. The Morgan fingerprint density at radius 3 is 2.64 bits per heavy atom. The summed E-state index contributed by atoms with van der Waals surface area (Å²) in [6.07, 6.45) is 2.25. The van der Waals surface area contributed by atoms with Crippen LogP contribution in [0.4, 0.5) is 0 Å². The van der Waals surface area contributed by atoms with E-state index in [-0.39, 0.29) is 6.61 Å². The zero-order valence-electron chi connectivity index (χ0n) is 6.50. The molecule has 0 aromatic heterocycles. The van der Waals surface area contributed by atoms with Gasteiger partial charge in [0.1, 0.15) is 0 Å². The average Bonchev–Trinajstić information content (AvgIpc) is 2.04. The number of hydrogen-bond donors (Lipinski definition) is 1. The first-order valence-electron chi connectivity index (χ1n) is 3.96. The van der Waals surface area contributed by atoms with Crippen molar-refractivity contribution in [3.05, 3.63) is 0 Å². The lowest BCUT2D eigenvalue weighted by Crippen LogP contribution is -2.31. The summed E-state index contributed by atoms with van der Waals surface area (Å²) >= 11 is 5.74. The minimum absolute atomic E-state index is 0.112. The standard InChI is InChI=1S/C7H14ClNO2/c8-9-3-1-7(2-4-9)11-6-5-10/h7,10H,1-6H2. The number of piperidine rings is 1. The largest absolute Gasteiger partial charge is 0.394 e. The first-order chi connectivity index (χ1) is 5.33. The zero-order valence-corrected chi connectivity index (χ0v) is 7.26. The lowest BCUT2D eigenvalue weighted by molar-refractivity contribution is 0.00335. The number of halogens is 1. The molecule has 1 heterocycles. The highest BCUT2D eigenvalue weighted by Crippen LogP contribution is 2.14. The van der Waals surface area contributed by atoms with Gasteiger partial charge in [-0.3, -0.25) is 0 Å². The lowest BCUT2D eigenvalue weighted by atomic mass is 10.1. The zero-order chi connectivity index (χ0) is 8.10. The van der Waals surface area contributed by atoms with Crippen LogP contribution < -0.4 is 0 Å². The number of hydrogen-bond acceptors (Lipinski definition) is 3. The van der Waals surface area contributed by atoms with Gasteiger partial charge >= 0.3 is 0 Å². The van der Waals surface area contributed by atoms with Crippen molar-refractivity contribution in [2.24, 2.45) is 0 Å². The van der Waals surface area contributed by atoms with Crippen molar-refractivity contribution in [3.8, 4) is 0 Å². The summed E-state index contributed by atoms with van der Waals surface area (Å²) in [5, 5.41) is 8.49. The minimum Gasteiger partial charge on any atom is -0.394 e. The Bertz CT molecular complexity index is 102. The molecule has 0 aromatic rings. The van der Waals surface area contributed by atoms with Crippen LogP contribution in [0.3, 0.4) is 0 Å². The Hall–Kier alpha value is 0.170. The molecule has 66 valence electrons. The van der Waals surface area contributed by atoms with Gasteiger partial charge in [-0.15, -0.1) is 0 Å². The molecular weight excluding hydrogens is 166 g/mol. The van der Waals surface area contributed by atoms with Crippen LogP contribution in [-0.2, 0) is 4.74 Å². The smallest absolute Gasteiger partial charge is 0.0701 e. The monoisotopic (exact) mass is 179 g/mol. The van der Waals surface area contributed by atoms with E-state index in [1.165, 1.54) is 0 Å². The highest BCUT2D eigenvalue weighted by molar-refractivity contribution is 6.13. The van der Waals surface area contributed by atoms with Crippen LogP contribution in [0, 0.1) is 0 Å². The topological polar surface area (TPSA) is 32.7 Å². The Labute approximate surface area is 72.0 Å². The van der Waals surface area contributed by atoms with Gasteiger partial charge in [0, 0.05) is 13.1 Å². The van der Waals surface area contributed by atoms with Crippen LogP contribution in [0.2, 0.25) is 0 Å². The molecule has 1 N–H and O–H groups in total. The lowest BCUT2D eigenvalue weighted by Gasteiger charge is -2.26. The van der Waals surface area contributed by atoms with E-state index in [1.54, 1.807) is 4.42 Å². The van der Waals surface area contributed by atoms with E-state index in [0.29, 0.717) is 12.7 Å². The molecule has 11 heavy (non-hydrogen) atoms. The molecule has 0 saturated carbocycles. The summed E-state index contributed by atoms with van der Waals surface area (Å²) < 4.78 is 7.12. The third kappa shape index (κ3) is 3.38. The second-order valence-corrected chi connectivity index (χ2v) is 3.18. The molecule has 1 aliphatic heterocycles. The van der Waals surface area contributed by atoms with Gasteiger partial charge in [0.25, 0.3) is 0 Å². The number of nitrogens with zero attached hydrogens (tertiary/aromatic N) is 1. The predicted octanol–water partition coefficient (Wildman–Crippen LogP) is 0.614. The normalized spacial score (nSPS) is 22.4. The van der Waals surface area contributed by atoms with E-state index in [1.807, 2.05) is 0 Å². The summed E-state index contributed by atoms with van der Waals surface area (Å²) in [4.78, 5) is 0. The van der Waals surface area contributed by atoms with Crippen molar-refractivity contribution >= 4 is 11.8 Å². The number of aliphatic hydroxyl groups excluding tert-OH is 1. The fourth-order valence-corrected chi connectivity index (χ4v) is 1.41. The fraction of sp³-hybridized carbons (Fsp3) is 1.00. The third-order valence-corrected chi connectivity index (χ3v) is 2.17. The van der Waals surface area contributed by atoms with Crippen molar-refractivity contribution in [1.29, 1.82) is 0 Å². The number of ether oxygens (including phenoxy) is 1. The van der Waals surface area contributed by atoms with E-state index in [0.717, 1.165) is 25.9 Å². The minimum atomic E-state index is 0.112. The molecule has 0 aromatic carbocycles. The Kier molecular flexibility index (Phi) is 4.15. The van der Waals surface area contributed by atoms with Crippen LogP contribution in [-0.4, -0.2) is 41.9 Å². The molecule has 3 nitrogen and oxygen atoms in total. The van der Waals surface area contributed by atoms with Gasteiger partial charge < -0.3 is 9.84 Å². The average molecular weight is 180 g/mol. The molecule has 0 radical (unpaired) electrons. The highest BCUT2D eigenvalue weighted by Gasteiger charge is 2.17. The van der Waals surface area contributed by atoms with Gasteiger partial charge in [-0.05, 0) is 24.6 Å². The summed E-state index contributed by atoms with van der Waals surface area (Å²) in [5.74, 6) is 0. The van der Waals surface area contributed by atoms with E-state index >= 15 is 0 Å². The molecule has 1 fully saturated rings. The van der Waals surface area contributed by atoms with E-state index in [9.17, 15) is 0 Å². The van der Waals surface area contributed by atoms with Crippen LogP contribution >= 0.6 is 11.8 Å². The molecule has 0 unspecified atom stereocenters. The van der Waals surface area contributed by atoms with Crippen molar-refractivity contribution in [1.82, 2.24) is 4.42 Å².